The van der Waals surface area contributed by atoms with Crippen molar-refractivity contribution in [3.63, 3.8) is 0 Å². The molecule has 1 fully saturated rings. The van der Waals surface area contributed by atoms with Crippen molar-refractivity contribution in [2.45, 2.75) is 13.0 Å². The molecule has 1 heterocycles. The molecule has 7 heteroatoms. The molecule has 1 aromatic rings. The van der Waals surface area contributed by atoms with Crippen LogP contribution in [0.3, 0.4) is 0 Å². The molecule has 2 rings (SSSR count). The van der Waals surface area contributed by atoms with Crippen molar-refractivity contribution in [2.24, 2.45) is 0 Å². The number of sulfone groups is 1. The Kier molecular flexibility index (Phi) is 3.40. The van der Waals surface area contributed by atoms with Gasteiger partial charge in [0.05, 0.1) is 28.4 Å². The van der Waals surface area contributed by atoms with Gasteiger partial charge in [-0.25, -0.2) is 13.2 Å². The number of benzene rings is 1. The lowest BCUT2D eigenvalue weighted by molar-refractivity contribution is 0.0697. The second kappa shape index (κ2) is 4.73. The average molecular weight is 284 g/mol. The lowest BCUT2D eigenvalue weighted by Crippen LogP contribution is -2.47. The fraction of sp³-hybridized carbons (Fsp3) is 0.417. The minimum Gasteiger partial charge on any atom is -0.478 e. The zero-order chi connectivity index (χ0) is 14.2. The fourth-order valence-corrected chi connectivity index (χ4v) is 3.86. The van der Waals surface area contributed by atoms with Crippen LogP contribution >= 0.6 is 0 Å². The van der Waals surface area contributed by atoms with Crippen LogP contribution in [0.2, 0.25) is 0 Å². The number of nitrogen functional groups attached to an aromatic ring is 1. The first-order valence-corrected chi connectivity index (χ1v) is 7.72. The Labute approximate surface area is 111 Å². The molecule has 1 unspecified atom stereocenters. The number of hydrogen-bond acceptors (Lipinski definition) is 5. The second-order valence-corrected chi connectivity index (χ2v) is 6.96. The van der Waals surface area contributed by atoms with E-state index >= 15 is 0 Å². The van der Waals surface area contributed by atoms with Crippen molar-refractivity contribution in [3.05, 3.63) is 23.8 Å². The number of carbonyl (C=O) groups is 1. The molecule has 6 nitrogen and oxygen atoms in total. The zero-order valence-corrected chi connectivity index (χ0v) is 11.4. The molecular formula is C12H16N2O4S. The molecule has 19 heavy (non-hydrogen) atoms. The summed E-state index contributed by atoms with van der Waals surface area (Å²) in [6, 6.07) is 4.33. The summed E-state index contributed by atoms with van der Waals surface area (Å²) in [4.78, 5) is 12.7. The Balaban J connectivity index is 2.30. The third kappa shape index (κ3) is 2.81. The maximum Gasteiger partial charge on any atom is 0.335 e. The number of carboxylic acid groups (broad SMARTS) is 1. The summed E-state index contributed by atoms with van der Waals surface area (Å²) in [6.45, 7) is 2.20. The van der Waals surface area contributed by atoms with Gasteiger partial charge in [0, 0.05) is 12.6 Å². The Hall–Kier alpha value is -1.76. The monoisotopic (exact) mass is 284 g/mol. The predicted octanol–water partition coefficient (Wildman–Crippen LogP) is 0.590. The lowest BCUT2D eigenvalue weighted by Gasteiger charge is -2.35. The van der Waals surface area contributed by atoms with Crippen LogP contribution < -0.4 is 10.6 Å². The minimum absolute atomic E-state index is 0.0904. The molecule has 0 saturated carbocycles. The summed E-state index contributed by atoms with van der Waals surface area (Å²) in [5, 5.41) is 8.88. The third-order valence-electron chi connectivity index (χ3n) is 3.25. The average Bonchev–Trinajstić information content (AvgIpc) is 2.29. The van der Waals surface area contributed by atoms with Crippen LogP contribution in [0.5, 0.6) is 0 Å². The summed E-state index contributed by atoms with van der Waals surface area (Å²) in [5.41, 5.74) is 7.03. The highest BCUT2D eigenvalue weighted by Crippen LogP contribution is 2.28. The molecular weight excluding hydrogens is 268 g/mol. The van der Waals surface area contributed by atoms with Crippen molar-refractivity contribution in [2.75, 3.05) is 28.7 Å². The zero-order valence-electron chi connectivity index (χ0n) is 10.5. The number of nitrogens with two attached hydrogens (primary N) is 1. The Morgan fingerprint density at radius 2 is 2.16 bits per heavy atom. The molecule has 0 aliphatic carbocycles. The van der Waals surface area contributed by atoms with E-state index in [9.17, 15) is 13.2 Å². The SMILES string of the molecule is CC1CS(=O)(=O)CCN1c1ccc(C(=O)O)cc1N. The highest BCUT2D eigenvalue weighted by Gasteiger charge is 2.29. The maximum absolute atomic E-state index is 11.5. The number of nitrogens with zero attached hydrogens (tertiary/aromatic N) is 1. The number of hydrogen-bond donors (Lipinski definition) is 2. The van der Waals surface area contributed by atoms with Gasteiger partial charge in [0.25, 0.3) is 0 Å². The molecule has 0 bridgehead atoms. The highest BCUT2D eigenvalue weighted by atomic mass is 32.2. The molecule has 3 N–H and O–H groups in total. The van der Waals surface area contributed by atoms with E-state index in [0.717, 1.165) is 0 Å². The summed E-state index contributed by atoms with van der Waals surface area (Å²) < 4.78 is 23.1. The first-order chi connectivity index (χ1) is 8.80. The van der Waals surface area contributed by atoms with Crippen LogP contribution in [0.15, 0.2) is 18.2 Å². The molecule has 1 aliphatic rings. The number of anilines is 2. The van der Waals surface area contributed by atoms with Gasteiger partial charge < -0.3 is 15.7 Å². The van der Waals surface area contributed by atoms with Crippen LogP contribution in [-0.2, 0) is 9.84 Å². The Bertz CT molecular complexity index is 612. The van der Waals surface area contributed by atoms with Gasteiger partial charge in [-0.1, -0.05) is 0 Å². The lowest BCUT2D eigenvalue weighted by atomic mass is 10.1. The maximum atomic E-state index is 11.5. The quantitative estimate of drug-likeness (QED) is 0.771. The van der Waals surface area contributed by atoms with Crippen LogP contribution in [0.25, 0.3) is 0 Å². The van der Waals surface area contributed by atoms with E-state index in [4.69, 9.17) is 10.8 Å². The second-order valence-electron chi connectivity index (χ2n) is 4.74. The molecule has 0 radical (unpaired) electrons. The largest absolute Gasteiger partial charge is 0.478 e. The van der Waals surface area contributed by atoms with Crippen LogP contribution in [0.1, 0.15) is 17.3 Å². The molecule has 0 aromatic heterocycles. The van der Waals surface area contributed by atoms with E-state index in [0.29, 0.717) is 17.9 Å². The molecule has 1 aromatic carbocycles. The van der Waals surface area contributed by atoms with Crippen LogP contribution in [0, 0.1) is 0 Å². The van der Waals surface area contributed by atoms with E-state index in [2.05, 4.69) is 0 Å². The van der Waals surface area contributed by atoms with E-state index in [1.807, 2.05) is 11.8 Å². The molecule has 0 spiro atoms. The molecule has 104 valence electrons. The first kappa shape index (κ1) is 13.7. The first-order valence-electron chi connectivity index (χ1n) is 5.90. The molecule has 1 atom stereocenters. The fourth-order valence-electron chi connectivity index (χ4n) is 2.31. The van der Waals surface area contributed by atoms with Gasteiger partial charge in [-0.15, -0.1) is 0 Å². The summed E-state index contributed by atoms with van der Waals surface area (Å²) in [5.74, 6) is -0.850. The molecule has 0 amide bonds. The van der Waals surface area contributed by atoms with E-state index in [1.165, 1.54) is 12.1 Å². The van der Waals surface area contributed by atoms with Gasteiger partial charge in [0.2, 0.25) is 0 Å². The Morgan fingerprint density at radius 3 is 2.68 bits per heavy atom. The van der Waals surface area contributed by atoms with Gasteiger partial charge >= 0.3 is 5.97 Å². The van der Waals surface area contributed by atoms with Gasteiger partial charge in [-0.3, -0.25) is 0 Å². The van der Waals surface area contributed by atoms with Gasteiger partial charge in [-0.05, 0) is 25.1 Å². The smallest absolute Gasteiger partial charge is 0.335 e. The Morgan fingerprint density at radius 1 is 1.47 bits per heavy atom. The van der Waals surface area contributed by atoms with Gasteiger partial charge in [0.1, 0.15) is 0 Å². The standard InChI is InChI=1S/C12H16N2O4S/c1-8-7-19(17,18)5-4-14(8)11-3-2-9(12(15)16)6-10(11)13/h2-3,6,8H,4-5,7,13H2,1H3,(H,15,16). The van der Waals surface area contributed by atoms with Crippen molar-refractivity contribution in [1.82, 2.24) is 0 Å². The summed E-state index contributed by atoms with van der Waals surface area (Å²) in [6.07, 6.45) is 0. The summed E-state index contributed by atoms with van der Waals surface area (Å²) >= 11 is 0. The minimum atomic E-state index is -2.98. The van der Waals surface area contributed by atoms with Crippen molar-refractivity contribution < 1.29 is 18.3 Å². The van der Waals surface area contributed by atoms with E-state index in [-0.39, 0.29) is 23.1 Å². The number of aromatic carboxylic acids is 1. The van der Waals surface area contributed by atoms with Crippen molar-refractivity contribution >= 4 is 27.2 Å². The van der Waals surface area contributed by atoms with Crippen LogP contribution in [-0.4, -0.2) is 43.6 Å². The predicted molar refractivity (Wildman–Crippen MR) is 73.3 cm³/mol. The van der Waals surface area contributed by atoms with E-state index in [1.54, 1.807) is 6.07 Å². The number of carboxylic acids is 1. The van der Waals surface area contributed by atoms with Crippen molar-refractivity contribution in [3.8, 4) is 0 Å². The van der Waals surface area contributed by atoms with Gasteiger partial charge in [-0.2, -0.15) is 0 Å². The normalized spacial score (nSPS) is 22.2. The van der Waals surface area contributed by atoms with Crippen LogP contribution in [0.4, 0.5) is 11.4 Å². The van der Waals surface area contributed by atoms with E-state index < -0.39 is 15.8 Å². The van der Waals surface area contributed by atoms with Gasteiger partial charge in [0.15, 0.2) is 9.84 Å². The van der Waals surface area contributed by atoms with Crippen molar-refractivity contribution in [1.29, 1.82) is 0 Å². The number of rotatable bonds is 2. The molecule has 1 saturated heterocycles. The topological polar surface area (TPSA) is 101 Å². The molecule has 1 aliphatic heterocycles. The highest BCUT2D eigenvalue weighted by molar-refractivity contribution is 7.91. The third-order valence-corrected chi connectivity index (χ3v) is 5.05. The summed E-state index contributed by atoms with van der Waals surface area (Å²) in [7, 11) is -2.98.